The molecule has 1 aromatic carbocycles. The van der Waals surface area contributed by atoms with Crippen LogP contribution >= 0.6 is 0 Å². The van der Waals surface area contributed by atoms with E-state index in [0.717, 1.165) is 23.4 Å². The monoisotopic (exact) mass is 391 g/mol. The van der Waals surface area contributed by atoms with Gasteiger partial charge in [-0.3, -0.25) is 9.78 Å². The third-order valence-corrected chi connectivity index (χ3v) is 5.28. The van der Waals surface area contributed by atoms with E-state index in [1.165, 1.54) is 12.1 Å². The van der Waals surface area contributed by atoms with Gasteiger partial charge in [0.2, 0.25) is 5.91 Å². The molecule has 1 unspecified atom stereocenters. The van der Waals surface area contributed by atoms with E-state index in [-0.39, 0.29) is 24.1 Å². The Balaban J connectivity index is 1.50. The van der Waals surface area contributed by atoms with Crippen LogP contribution in [0.2, 0.25) is 0 Å². The molecule has 3 aromatic rings. The van der Waals surface area contributed by atoms with Crippen LogP contribution in [0.1, 0.15) is 29.4 Å². The molecule has 1 amide bonds. The molecule has 2 N–H and O–H groups in total. The zero-order valence-corrected chi connectivity index (χ0v) is 16.2. The Bertz CT molecular complexity index is 1040. The van der Waals surface area contributed by atoms with Crippen molar-refractivity contribution in [2.75, 3.05) is 18.8 Å². The number of carbonyl (C=O) groups excluding carboxylic acids is 1. The van der Waals surface area contributed by atoms with E-state index < -0.39 is 0 Å². The molecule has 1 fully saturated rings. The van der Waals surface area contributed by atoms with Crippen LogP contribution < -0.4 is 5.73 Å². The largest absolute Gasteiger partial charge is 0.397 e. The molecular weight excluding hydrogens is 369 g/mol. The maximum Gasteiger partial charge on any atom is 0.228 e. The van der Waals surface area contributed by atoms with Gasteiger partial charge in [-0.15, -0.1) is 0 Å². The van der Waals surface area contributed by atoms with Crippen LogP contribution in [0, 0.1) is 12.7 Å². The van der Waals surface area contributed by atoms with Crippen LogP contribution in [-0.2, 0) is 11.2 Å². The van der Waals surface area contributed by atoms with E-state index >= 15 is 0 Å². The molecule has 0 spiro atoms. The first-order chi connectivity index (χ1) is 14.0. The summed E-state index contributed by atoms with van der Waals surface area (Å²) in [4.78, 5) is 27.9. The number of likely N-dealkylation sites (tertiary alicyclic amines) is 1. The second kappa shape index (κ2) is 7.95. The summed E-state index contributed by atoms with van der Waals surface area (Å²) in [5, 5.41) is 0. The molecule has 1 aliphatic heterocycles. The van der Waals surface area contributed by atoms with Crippen molar-refractivity contribution in [3.8, 4) is 11.3 Å². The van der Waals surface area contributed by atoms with Gasteiger partial charge in [-0.2, -0.15) is 0 Å². The van der Waals surface area contributed by atoms with Crippen LogP contribution in [0.5, 0.6) is 0 Å². The number of nitrogen functional groups attached to an aromatic ring is 1. The zero-order chi connectivity index (χ0) is 20.4. The average Bonchev–Trinajstić information content (AvgIpc) is 3.21. The number of hydrogen-bond donors (Lipinski definition) is 1. The highest BCUT2D eigenvalue weighted by Gasteiger charge is 2.29. The summed E-state index contributed by atoms with van der Waals surface area (Å²) in [7, 11) is 0. The van der Waals surface area contributed by atoms with Gasteiger partial charge >= 0.3 is 0 Å². The second-order valence-corrected chi connectivity index (χ2v) is 7.30. The summed E-state index contributed by atoms with van der Waals surface area (Å²) < 4.78 is 13.4. The smallest absolute Gasteiger partial charge is 0.228 e. The number of carbonyl (C=O) groups is 1. The summed E-state index contributed by atoms with van der Waals surface area (Å²) in [6, 6.07) is 9.89. The number of rotatable bonds is 4. The van der Waals surface area contributed by atoms with Crippen LogP contribution in [0.3, 0.4) is 0 Å². The fraction of sp³-hybridized carbons (Fsp3) is 0.273. The molecule has 0 aliphatic carbocycles. The van der Waals surface area contributed by atoms with Gasteiger partial charge in [-0.1, -0.05) is 0 Å². The minimum atomic E-state index is -0.289. The van der Waals surface area contributed by atoms with Crippen molar-refractivity contribution in [2.45, 2.75) is 25.7 Å². The van der Waals surface area contributed by atoms with E-state index in [1.54, 1.807) is 36.7 Å². The summed E-state index contributed by atoms with van der Waals surface area (Å²) >= 11 is 0. The van der Waals surface area contributed by atoms with E-state index in [2.05, 4.69) is 15.0 Å². The molecule has 0 bridgehead atoms. The Kier molecular flexibility index (Phi) is 5.20. The van der Waals surface area contributed by atoms with Crippen molar-refractivity contribution < 1.29 is 9.18 Å². The molecule has 29 heavy (non-hydrogen) atoms. The van der Waals surface area contributed by atoms with Crippen LogP contribution in [0.25, 0.3) is 11.3 Å². The van der Waals surface area contributed by atoms with Gasteiger partial charge < -0.3 is 10.6 Å². The Morgan fingerprint density at radius 2 is 2.03 bits per heavy atom. The summed E-state index contributed by atoms with van der Waals surface area (Å²) in [5.74, 6) is 0.617. The van der Waals surface area contributed by atoms with Crippen LogP contribution in [0.4, 0.5) is 10.1 Å². The van der Waals surface area contributed by atoms with Gasteiger partial charge in [-0.25, -0.2) is 14.4 Å². The number of amides is 1. The number of halogens is 1. The van der Waals surface area contributed by atoms with Crippen molar-refractivity contribution in [1.29, 1.82) is 0 Å². The second-order valence-electron chi connectivity index (χ2n) is 7.30. The molecule has 148 valence electrons. The highest BCUT2D eigenvalue weighted by molar-refractivity contribution is 5.80. The molecule has 1 aliphatic rings. The highest BCUT2D eigenvalue weighted by atomic mass is 19.1. The van der Waals surface area contributed by atoms with E-state index in [9.17, 15) is 9.18 Å². The van der Waals surface area contributed by atoms with Crippen molar-refractivity contribution >= 4 is 11.6 Å². The first kappa shape index (κ1) is 19.0. The third-order valence-electron chi connectivity index (χ3n) is 5.28. The first-order valence-electron chi connectivity index (χ1n) is 9.58. The highest BCUT2D eigenvalue weighted by Crippen LogP contribution is 2.27. The van der Waals surface area contributed by atoms with Gasteiger partial charge in [0, 0.05) is 37.0 Å². The quantitative estimate of drug-likeness (QED) is 0.739. The zero-order valence-electron chi connectivity index (χ0n) is 16.2. The number of pyridine rings is 1. The number of nitrogens with zero attached hydrogens (tertiary/aromatic N) is 4. The van der Waals surface area contributed by atoms with Gasteiger partial charge in [0.1, 0.15) is 11.6 Å². The molecule has 1 saturated heterocycles. The molecule has 1 atom stereocenters. The lowest BCUT2D eigenvalue weighted by molar-refractivity contribution is -0.129. The molecule has 7 heteroatoms. The standard InChI is InChI=1S/C22H22FN5O/c1-14-11-16(23)3-4-17(14)19-6-5-18(24)20(27-19)12-21(29)28-10-7-15(13-28)22-25-8-2-9-26-22/h2-6,8-9,11,15H,7,10,12-13,24H2,1H3. The summed E-state index contributed by atoms with van der Waals surface area (Å²) in [6.07, 6.45) is 4.41. The lowest BCUT2D eigenvalue weighted by Crippen LogP contribution is -2.30. The topological polar surface area (TPSA) is 85.0 Å². The average molecular weight is 391 g/mol. The Labute approximate surface area is 168 Å². The maximum atomic E-state index is 13.4. The van der Waals surface area contributed by atoms with Crippen molar-refractivity contribution in [3.63, 3.8) is 0 Å². The molecule has 0 radical (unpaired) electrons. The lowest BCUT2D eigenvalue weighted by Gasteiger charge is -2.17. The van der Waals surface area contributed by atoms with Gasteiger partial charge in [0.15, 0.2) is 0 Å². The Morgan fingerprint density at radius 3 is 2.79 bits per heavy atom. The molecule has 3 heterocycles. The third kappa shape index (κ3) is 4.08. The Hall–Kier alpha value is -3.35. The lowest BCUT2D eigenvalue weighted by atomic mass is 10.0. The number of anilines is 1. The molecule has 2 aromatic heterocycles. The SMILES string of the molecule is Cc1cc(F)ccc1-c1ccc(N)c(CC(=O)N2CCC(c3ncccn3)C2)n1. The fourth-order valence-electron chi connectivity index (χ4n) is 3.69. The van der Waals surface area contributed by atoms with Crippen molar-refractivity contribution in [1.82, 2.24) is 19.9 Å². The minimum Gasteiger partial charge on any atom is -0.397 e. The van der Waals surface area contributed by atoms with Crippen molar-refractivity contribution in [2.24, 2.45) is 0 Å². The van der Waals surface area contributed by atoms with Gasteiger partial charge in [0.25, 0.3) is 0 Å². The van der Waals surface area contributed by atoms with Gasteiger partial charge in [0.05, 0.1) is 23.5 Å². The maximum absolute atomic E-state index is 13.4. The van der Waals surface area contributed by atoms with Gasteiger partial charge in [-0.05, 0) is 55.3 Å². The normalized spacial score (nSPS) is 16.2. The van der Waals surface area contributed by atoms with E-state index in [0.29, 0.717) is 30.2 Å². The number of benzene rings is 1. The molecule has 4 rings (SSSR count). The van der Waals surface area contributed by atoms with E-state index in [1.807, 2.05) is 11.8 Å². The molecular formula is C22H22FN5O. The molecule has 0 saturated carbocycles. The number of nitrogens with two attached hydrogens (primary N) is 1. The minimum absolute atomic E-state index is 0.0180. The Morgan fingerprint density at radius 1 is 1.24 bits per heavy atom. The van der Waals surface area contributed by atoms with Crippen molar-refractivity contribution in [3.05, 3.63) is 71.7 Å². The number of hydrogen-bond acceptors (Lipinski definition) is 5. The number of aromatic nitrogens is 3. The van der Waals surface area contributed by atoms with Crippen LogP contribution in [-0.4, -0.2) is 38.8 Å². The molecule has 6 nitrogen and oxygen atoms in total. The van der Waals surface area contributed by atoms with Crippen LogP contribution in [0.15, 0.2) is 48.8 Å². The first-order valence-corrected chi connectivity index (χ1v) is 9.58. The van der Waals surface area contributed by atoms with E-state index in [4.69, 9.17) is 5.73 Å². The summed E-state index contributed by atoms with van der Waals surface area (Å²) in [5.41, 5.74) is 9.38. The fourth-order valence-corrected chi connectivity index (χ4v) is 3.69. The number of aryl methyl sites for hydroxylation is 1. The predicted molar refractivity (Wildman–Crippen MR) is 108 cm³/mol. The summed E-state index contributed by atoms with van der Waals surface area (Å²) in [6.45, 7) is 3.09. The predicted octanol–water partition coefficient (Wildman–Crippen LogP) is 3.13.